The summed E-state index contributed by atoms with van der Waals surface area (Å²) in [6.45, 7) is 12.8. The van der Waals surface area contributed by atoms with Crippen molar-refractivity contribution in [1.29, 1.82) is 0 Å². The van der Waals surface area contributed by atoms with E-state index < -0.39 is 11.6 Å². The molecule has 2 aliphatic rings. The summed E-state index contributed by atoms with van der Waals surface area (Å²) >= 11 is 3.85. The highest BCUT2D eigenvalue weighted by Gasteiger charge is 2.52. The van der Waals surface area contributed by atoms with Crippen molar-refractivity contribution in [3.63, 3.8) is 0 Å². The summed E-state index contributed by atoms with van der Waals surface area (Å²) in [6, 6.07) is 0. The molecule has 6 heteroatoms. The van der Waals surface area contributed by atoms with Crippen LogP contribution < -0.4 is 0 Å². The second-order valence-corrected chi connectivity index (χ2v) is 9.35. The largest absolute Gasteiger partial charge is 0.348 e. The standard InChI is InChI=1S/C15H28O4S2/c1-7-20-13(21-8-2)12-11(18-15(5,6)19-12)10-9-16-14(3,4)17-10/h10-13H,7-9H2,1-6H3/t10-,11+,12-/m0/s1. The van der Waals surface area contributed by atoms with Gasteiger partial charge in [0.25, 0.3) is 0 Å². The normalized spacial score (nSPS) is 34.7. The minimum Gasteiger partial charge on any atom is -0.348 e. The maximum absolute atomic E-state index is 6.21. The van der Waals surface area contributed by atoms with E-state index >= 15 is 0 Å². The van der Waals surface area contributed by atoms with Gasteiger partial charge in [-0.25, -0.2) is 0 Å². The van der Waals surface area contributed by atoms with Crippen molar-refractivity contribution in [3.05, 3.63) is 0 Å². The van der Waals surface area contributed by atoms with Crippen molar-refractivity contribution in [1.82, 2.24) is 0 Å². The highest BCUT2D eigenvalue weighted by Crippen LogP contribution is 2.42. The van der Waals surface area contributed by atoms with E-state index in [0.29, 0.717) is 11.2 Å². The molecule has 0 saturated carbocycles. The molecule has 2 saturated heterocycles. The van der Waals surface area contributed by atoms with Gasteiger partial charge in [-0.2, -0.15) is 0 Å². The van der Waals surface area contributed by atoms with Crippen LogP contribution in [0.25, 0.3) is 0 Å². The SMILES string of the molecule is CCSC(SCC)[C@H]1OC(C)(C)O[C@@H]1[C@@H]1COC(C)(C)O1. The molecule has 124 valence electrons. The summed E-state index contributed by atoms with van der Waals surface area (Å²) in [7, 11) is 0. The zero-order chi connectivity index (χ0) is 15.7. The van der Waals surface area contributed by atoms with Gasteiger partial charge in [-0.3, -0.25) is 0 Å². The van der Waals surface area contributed by atoms with Gasteiger partial charge in [0.1, 0.15) is 18.3 Å². The molecule has 0 aromatic heterocycles. The summed E-state index contributed by atoms with van der Waals surface area (Å²) in [5, 5.41) is 0. The predicted molar refractivity (Wildman–Crippen MR) is 88.8 cm³/mol. The van der Waals surface area contributed by atoms with E-state index in [0.717, 1.165) is 11.5 Å². The maximum Gasteiger partial charge on any atom is 0.163 e. The molecule has 0 aliphatic carbocycles. The van der Waals surface area contributed by atoms with Crippen molar-refractivity contribution in [3.8, 4) is 0 Å². The Hall–Kier alpha value is 0.540. The molecule has 2 rings (SSSR count). The van der Waals surface area contributed by atoms with Crippen LogP contribution in [-0.2, 0) is 18.9 Å². The third-order valence-electron chi connectivity index (χ3n) is 3.49. The molecule has 0 aromatic carbocycles. The third-order valence-corrected chi connectivity index (χ3v) is 6.17. The van der Waals surface area contributed by atoms with Gasteiger partial charge in [0.15, 0.2) is 11.6 Å². The van der Waals surface area contributed by atoms with E-state index in [-0.39, 0.29) is 18.3 Å². The second kappa shape index (κ2) is 6.97. The molecule has 0 unspecified atom stereocenters. The lowest BCUT2D eigenvalue weighted by Gasteiger charge is -2.28. The molecule has 0 bridgehead atoms. The number of thioether (sulfide) groups is 2. The monoisotopic (exact) mass is 336 g/mol. The van der Waals surface area contributed by atoms with Crippen LogP contribution in [0, 0.1) is 0 Å². The van der Waals surface area contributed by atoms with Crippen molar-refractivity contribution in [2.45, 2.75) is 76.0 Å². The van der Waals surface area contributed by atoms with Crippen molar-refractivity contribution in [2.24, 2.45) is 0 Å². The lowest BCUT2D eigenvalue weighted by Crippen LogP contribution is -2.42. The van der Waals surface area contributed by atoms with Gasteiger partial charge >= 0.3 is 0 Å². The summed E-state index contributed by atoms with van der Waals surface area (Å²) in [5.74, 6) is 1.04. The Morgan fingerprint density at radius 3 is 2.05 bits per heavy atom. The minimum absolute atomic E-state index is 0.0254. The van der Waals surface area contributed by atoms with E-state index in [1.807, 2.05) is 51.2 Å². The van der Waals surface area contributed by atoms with Gasteiger partial charge in [0.2, 0.25) is 0 Å². The molecule has 0 radical (unpaired) electrons. The Kier molecular flexibility index (Phi) is 5.94. The zero-order valence-electron chi connectivity index (χ0n) is 13.9. The molecule has 0 amide bonds. The van der Waals surface area contributed by atoms with Gasteiger partial charge in [-0.1, -0.05) is 13.8 Å². The topological polar surface area (TPSA) is 36.9 Å². The molecule has 3 atom stereocenters. The predicted octanol–water partition coefficient (Wildman–Crippen LogP) is 3.49. The zero-order valence-corrected chi connectivity index (χ0v) is 15.5. The summed E-state index contributed by atoms with van der Waals surface area (Å²) < 4.78 is 24.5. The van der Waals surface area contributed by atoms with E-state index in [9.17, 15) is 0 Å². The van der Waals surface area contributed by atoms with Crippen molar-refractivity contribution < 1.29 is 18.9 Å². The molecule has 0 N–H and O–H groups in total. The molecule has 2 fully saturated rings. The van der Waals surface area contributed by atoms with E-state index in [1.165, 1.54) is 0 Å². The quantitative estimate of drug-likeness (QED) is 0.691. The molecular weight excluding hydrogens is 308 g/mol. The Labute approximate surface area is 137 Å². The number of hydrogen-bond donors (Lipinski definition) is 0. The van der Waals surface area contributed by atoms with Crippen LogP contribution in [0.15, 0.2) is 0 Å². The van der Waals surface area contributed by atoms with Crippen LogP contribution in [-0.4, -0.2) is 52.6 Å². The minimum atomic E-state index is -0.563. The molecule has 0 spiro atoms. The lowest BCUT2D eigenvalue weighted by molar-refractivity contribution is -0.174. The highest BCUT2D eigenvalue weighted by atomic mass is 32.2. The fraction of sp³-hybridized carbons (Fsp3) is 1.00. The molecule has 0 aromatic rings. The van der Waals surface area contributed by atoms with E-state index in [1.54, 1.807) is 0 Å². The van der Waals surface area contributed by atoms with Gasteiger partial charge < -0.3 is 18.9 Å². The first-order chi connectivity index (χ1) is 9.78. The van der Waals surface area contributed by atoms with Gasteiger partial charge in [-0.05, 0) is 39.2 Å². The van der Waals surface area contributed by atoms with Gasteiger partial charge in [0, 0.05) is 0 Å². The average molecular weight is 337 g/mol. The fourth-order valence-corrected chi connectivity index (χ4v) is 5.42. The maximum atomic E-state index is 6.21. The van der Waals surface area contributed by atoms with Crippen LogP contribution in [0.2, 0.25) is 0 Å². The van der Waals surface area contributed by atoms with Crippen LogP contribution in [0.1, 0.15) is 41.5 Å². The smallest absolute Gasteiger partial charge is 0.163 e. The number of ether oxygens (including phenoxy) is 4. The highest BCUT2D eigenvalue weighted by molar-refractivity contribution is 8.17. The molecule has 2 heterocycles. The van der Waals surface area contributed by atoms with Crippen molar-refractivity contribution in [2.75, 3.05) is 18.1 Å². The van der Waals surface area contributed by atoms with Crippen molar-refractivity contribution >= 4 is 23.5 Å². The Morgan fingerprint density at radius 2 is 1.57 bits per heavy atom. The number of hydrogen-bond acceptors (Lipinski definition) is 6. The van der Waals surface area contributed by atoms with Crippen LogP contribution in [0.5, 0.6) is 0 Å². The van der Waals surface area contributed by atoms with Crippen LogP contribution >= 0.6 is 23.5 Å². The summed E-state index contributed by atoms with van der Waals surface area (Å²) in [5.41, 5.74) is 0. The first kappa shape index (κ1) is 17.9. The Balaban J connectivity index is 2.12. The van der Waals surface area contributed by atoms with Crippen LogP contribution in [0.4, 0.5) is 0 Å². The molecule has 21 heavy (non-hydrogen) atoms. The third kappa shape index (κ3) is 4.52. The van der Waals surface area contributed by atoms with Gasteiger partial charge in [0.05, 0.1) is 11.2 Å². The lowest BCUT2D eigenvalue weighted by atomic mass is 10.1. The number of rotatable bonds is 6. The Morgan fingerprint density at radius 1 is 0.952 bits per heavy atom. The van der Waals surface area contributed by atoms with Crippen LogP contribution in [0.3, 0.4) is 0 Å². The molecule has 4 nitrogen and oxygen atoms in total. The molecule has 2 aliphatic heterocycles. The molecular formula is C15H28O4S2. The fourth-order valence-electron chi connectivity index (χ4n) is 2.76. The first-order valence-corrected chi connectivity index (χ1v) is 9.78. The van der Waals surface area contributed by atoms with E-state index in [4.69, 9.17) is 18.9 Å². The Bertz CT molecular complexity index is 331. The first-order valence-electron chi connectivity index (χ1n) is 7.68. The average Bonchev–Trinajstić information content (AvgIpc) is 2.88. The van der Waals surface area contributed by atoms with E-state index in [2.05, 4.69) is 13.8 Å². The summed E-state index contributed by atoms with van der Waals surface area (Å²) in [4.78, 5) is 0. The second-order valence-electron chi connectivity index (χ2n) is 6.21. The van der Waals surface area contributed by atoms with Gasteiger partial charge in [-0.15, -0.1) is 23.5 Å². The summed E-state index contributed by atoms with van der Waals surface area (Å²) in [6.07, 6.45) is -0.119.